The lowest BCUT2D eigenvalue weighted by Gasteiger charge is -2.38. The summed E-state index contributed by atoms with van der Waals surface area (Å²) in [7, 11) is 0. The third-order valence-electron chi connectivity index (χ3n) is 6.99. The molecule has 5 rings (SSSR count). The van der Waals surface area contributed by atoms with E-state index in [9.17, 15) is 9.59 Å². The Kier molecular flexibility index (Phi) is 4.75. The first kappa shape index (κ1) is 18.0. The van der Waals surface area contributed by atoms with Gasteiger partial charge in [-0.05, 0) is 49.1 Å². The minimum atomic E-state index is -0.642. The lowest BCUT2D eigenvalue weighted by atomic mass is 9.86. The second kappa shape index (κ2) is 7.39. The van der Waals surface area contributed by atoms with E-state index < -0.39 is 6.10 Å². The Morgan fingerprint density at radius 1 is 1.07 bits per heavy atom. The molecule has 6 nitrogen and oxygen atoms in total. The highest BCUT2D eigenvalue weighted by molar-refractivity contribution is 5.97. The van der Waals surface area contributed by atoms with Crippen molar-refractivity contribution < 1.29 is 19.1 Å². The monoisotopic (exact) mass is 384 g/mol. The van der Waals surface area contributed by atoms with Gasteiger partial charge in [-0.2, -0.15) is 0 Å². The van der Waals surface area contributed by atoms with Crippen molar-refractivity contribution in [3.05, 3.63) is 24.3 Å². The van der Waals surface area contributed by atoms with Crippen LogP contribution in [-0.2, 0) is 14.3 Å². The molecule has 150 valence electrons. The predicted octanol–water partition coefficient (Wildman–Crippen LogP) is 2.47. The highest BCUT2D eigenvalue weighted by atomic mass is 16.5. The molecule has 1 aromatic carbocycles. The highest BCUT2D eigenvalue weighted by Crippen LogP contribution is 2.50. The summed E-state index contributed by atoms with van der Waals surface area (Å²) in [5.41, 5.74) is 0.793. The Bertz CT molecular complexity index is 761. The lowest BCUT2D eigenvalue weighted by molar-refractivity contribution is -0.142. The molecule has 6 heteroatoms. The highest BCUT2D eigenvalue weighted by Gasteiger charge is 2.42. The summed E-state index contributed by atoms with van der Waals surface area (Å²) in [6, 6.07) is 7.58. The van der Waals surface area contributed by atoms with Gasteiger partial charge in [-0.15, -0.1) is 0 Å². The molecule has 1 saturated heterocycles. The average Bonchev–Trinajstić information content (AvgIpc) is 3.36. The summed E-state index contributed by atoms with van der Waals surface area (Å²) in [5, 5.41) is 0. The standard InChI is InChI=1S/C22H28N2O4/c25-21(13-17-12-15-5-6-16(17)11-15)24-14-20(22(26)23-7-9-27-10-8-23)28-19-4-2-1-3-18(19)24/h1-4,15-17,20H,5-14H2/t15-,16-,17-,20-/m0/s1. The molecule has 0 radical (unpaired) electrons. The molecular formula is C22H28N2O4. The molecule has 2 amide bonds. The number of ether oxygens (including phenoxy) is 2. The molecule has 0 aromatic heterocycles. The number of hydrogen-bond donors (Lipinski definition) is 0. The van der Waals surface area contributed by atoms with Crippen LogP contribution in [0.1, 0.15) is 32.1 Å². The minimum absolute atomic E-state index is 0.0458. The van der Waals surface area contributed by atoms with Gasteiger partial charge in [0, 0.05) is 19.5 Å². The maximum Gasteiger partial charge on any atom is 0.265 e. The molecule has 0 unspecified atom stereocenters. The van der Waals surface area contributed by atoms with Crippen molar-refractivity contribution in [3.63, 3.8) is 0 Å². The molecule has 4 aliphatic rings. The van der Waals surface area contributed by atoms with Crippen LogP contribution in [0.4, 0.5) is 5.69 Å². The first-order chi connectivity index (χ1) is 13.7. The Balaban J connectivity index is 1.33. The number of hydrogen-bond acceptors (Lipinski definition) is 4. The Morgan fingerprint density at radius 2 is 1.89 bits per heavy atom. The maximum atomic E-state index is 13.3. The van der Waals surface area contributed by atoms with E-state index in [1.807, 2.05) is 24.3 Å². The number of rotatable bonds is 3. The zero-order valence-electron chi connectivity index (χ0n) is 16.2. The Morgan fingerprint density at radius 3 is 2.64 bits per heavy atom. The van der Waals surface area contributed by atoms with Crippen molar-refractivity contribution >= 4 is 17.5 Å². The normalized spacial score (nSPS) is 31.4. The third-order valence-corrected chi connectivity index (χ3v) is 6.99. The zero-order valence-corrected chi connectivity index (χ0v) is 16.2. The van der Waals surface area contributed by atoms with Crippen LogP contribution in [0.3, 0.4) is 0 Å². The van der Waals surface area contributed by atoms with Crippen LogP contribution in [0.25, 0.3) is 0 Å². The Labute approximate surface area is 165 Å². The molecular weight excluding hydrogens is 356 g/mol. The molecule has 28 heavy (non-hydrogen) atoms. The summed E-state index contributed by atoms with van der Waals surface area (Å²) in [4.78, 5) is 29.8. The fourth-order valence-electron chi connectivity index (χ4n) is 5.55. The fraction of sp³-hybridized carbons (Fsp3) is 0.636. The molecule has 2 heterocycles. The number of carbonyl (C=O) groups excluding carboxylic acids is 2. The van der Waals surface area contributed by atoms with Crippen molar-refractivity contribution in [2.45, 2.75) is 38.2 Å². The van der Waals surface area contributed by atoms with Crippen LogP contribution in [0.2, 0.25) is 0 Å². The van der Waals surface area contributed by atoms with Gasteiger partial charge in [0.25, 0.3) is 5.91 Å². The van der Waals surface area contributed by atoms with Gasteiger partial charge in [-0.25, -0.2) is 0 Å². The van der Waals surface area contributed by atoms with E-state index in [0.717, 1.165) is 17.5 Å². The van der Waals surface area contributed by atoms with Crippen LogP contribution in [0.5, 0.6) is 5.75 Å². The molecule has 2 aliphatic heterocycles. The van der Waals surface area contributed by atoms with E-state index in [4.69, 9.17) is 9.47 Å². The molecule has 0 spiro atoms. The average molecular weight is 384 g/mol. The van der Waals surface area contributed by atoms with Gasteiger partial charge in [-0.3, -0.25) is 9.59 Å². The van der Waals surface area contributed by atoms with Gasteiger partial charge < -0.3 is 19.3 Å². The van der Waals surface area contributed by atoms with Gasteiger partial charge >= 0.3 is 0 Å². The number of nitrogens with zero attached hydrogens (tertiary/aromatic N) is 2. The number of carbonyl (C=O) groups is 2. The maximum absolute atomic E-state index is 13.3. The van der Waals surface area contributed by atoms with E-state index in [2.05, 4.69) is 0 Å². The molecule has 2 saturated carbocycles. The number of fused-ring (bicyclic) bond motifs is 3. The van der Waals surface area contributed by atoms with Crippen molar-refractivity contribution in [1.29, 1.82) is 0 Å². The van der Waals surface area contributed by atoms with Crippen LogP contribution in [0, 0.1) is 17.8 Å². The van der Waals surface area contributed by atoms with Crippen molar-refractivity contribution in [3.8, 4) is 5.75 Å². The zero-order chi connectivity index (χ0) is 19.1. The molecule has 2 bridgehead atoms. The smallest absolute Gasteiger partial charge is 0.265 e. The molecule has 0 N–H and O–H groups in total. The Hall–Kier alpha value is -2.08. The van der Waals surface area contributed by atoms with E-state index in [0.29, 0.717) is 50.9 Å². The van der Waals surface area contributed by atoms with Crippen molar-refractivity contribution in [2.24, 2.45) is 17.8 Å². The molecule has 1 aromatic rings. The number of amides is 2. The van der Waals surface area contributed by atoms with Crippen LogP contribution >= 0.6 is 0 Å². The summed E-state index contributed by atoms with van der Waals surface area (Å²) in [6.45, 7) is 2.58. The molecule has 4 atom stereocenters. The first-order valence-electron chi connectivity index (χ1n) is 10.6. The second-order valence-corrected chi connectivity index (χ2v) is 8.66. The van der Waals surface area contributed by atoms with E-state index in [-0.39, 0.29) is 11.8 Å². The minimum Gasteiger partial charge on any atom is -0.476 e. The summed E-state index contributed by atoms with van der Waals surface area (Å²) in [6.07, 6.45) is 5.06. The van der Waals surface area contributed by atoms with Crippen LogP contribution < -0.4 is 9.64 Å². The number of anilines is 1. The lowest BCUT2D eigenvalue weighted by Crippen LogP contribution is -2.54. The van der Waals surface area contributed by atoms with Gasteiger partial charge in [0.15, 0.2) is 6.10 Å². The predicted molar refractivity (Wildman–Crippen MR) is 104 cm³/mol. The number of morpholine rings is 1. The van der Waals surface area contributed by atoms with Gasteiger partial charge in [0.05, 0.1) is 25.4 Å². The summed E-state index contributed by atoms with van der Waals surface area (Å²) < 4.78 is 11.4. The summed E-state index contributed by atoms with van der Waals surface area (Å²) in [5.74, 6) is 2.77. The molecule has 3 fully saturated rings. The van der Waals surface area contributed by atoms with Crippen molar-refractivity contribution in [2.75, 3.05) is 37.7 Å². The first-order valence-corrected chi connectivity index (χ1v) is 10.6. The number of benzene rings is 1. The third kappa shape index (κ3) is 3.28. The van der Waals surface area contributed by atoms with E-state index >= 15 is 0 Å². The van der Waals surface area contributed by atoms with Crippen molar-refractivity contribution in [1.82, 2.24) is 4.90 Å². The topological polar surface area (TPSA) is 59.1 Å². The fourth-order valence-corrected chi connectivity index (χ4v) is 5.55. The van der Waals surface area contributed by atoms with Gasteiger partial charge in [0.1, 0.15) is 5.75 Å². The summed E-state index contributed by atoms with van der Waals surface area (Å²) >= 11 is 0. The number of para-hydroxylation sites is 2. The van der Waals surface area contributed by atoms with Gasteiger partial charge in [0.2, 0.25) is 5.91 Å². The second-order valence-electron chi connectivity index (χ2n) is 8.66. The van der Waals surface area contributed by atoms with E-state index in [1.54, 1.807) is 9.80 Å². The van der Waals surface area contributed by atoms with E-state index in [1.165, 1.54) is 25.7 Å². The van der Waals surface area contributed by atoms with Crippen LogP contribution in [-0.4, -0.2) is 55.7 Å². The van der Waals surface area contributed by atoms with Gasteiger partial charge in [-0.1, -0.05) is 18.6 Å². The van der Waals surface area contributed by atoms with Crippen LogP contribution in [0.15, 0.2) is 24.3 Å². The largest absolute Gasteiger partial charge is 0.476 e. The molecule has 2 aliphatic carbocycles. The SMILES string of the molecule is O=C([C@@H]1CN(C(=O)C[C@@H]2C[C@H]3CC[C@H]2C3)c2ccccc2O1)N1CCOCC1. The quantitative estimate of drug-likeness (QED) is 0.803.